The Bertz CT molecular complexity index is 352. The smallest absolute Gasteiger partial charge is 0.185 e. The third-order valence-electron chi connectivity index (χ3n) is 3.12. The first-order valence-electron chi connectivity index (χ1n) is 6.48. The van der Waals surface area contributed by atoms with Crippen LogP contribution < -0.4 is 10.2 Å². The number of thiazole rings is 1. The Labute approximate surface area is 119 Å². The largest absolute Gasteiger partial charge is 0.348 e. The van der Waals surface area contributed by atoms with E-state index in [-0.39, 0.29) is 0 Å². The lowest BCUT2D eigenvalue weighted by Crippen LogP contribution is -2.29. The average molecular weight is 287 g/mol. The summed E-state index contributed by atoms with van der Waals surface area (Å²) in [5.41, 5.74) is 1.17. The molecule has 0 saturated heterocycles. The van der Waals surface area contributed by atoms with E-state index >= 15 is 0 Å². The van der Waals surface area contributed by atoms with Gasteiger partial charge in [0.05, 0.1) is 5.69 Å². The topological polar surface area (TPSA) is 28.2 Å². The Balaban J connectivity index is 2.65. The molecular formula is C13H25N3S2. The maximum atomic E-state index is 4.69. The van der Waals surface area contributed by atoms with Crippen LogP contribution in [0.4, 0.5) is 5.13 Å². The van der Waals surface area contributed by atoms with Crippen molar-refractivity contribution in [3.63, 3.8) is 0 Å². The number of aromatic nitrogens is 1. The zero-order chi connectivity index (χ0) is 13.5. The van der Waals surface area contributed by atoms with Crippen LogP contribution >= 0.6 is 23.1 Å². The standard InChI is InChI=1S/C13H25N3S2/c1-6-14-9-12-11(3)15-13(18-12)16(4)10(2)7-8-17-5/h10,14H,6-9H2,1-5H3. The molecule has 0 radical (unpaired) electrons. The zero-order valence-electron chi connectivity index (χ0n) is 12.1. The van der Waals surface area contributed by atoms with Crippen LogP contribution in [0.3, 0.4) is 0 Å². The van der Waals surface area contributed by atoms with Crippen molar-refractivity contribution in [2.24, 2.45) is 0 Å². The van der Waals surface area contributed by atoms with Crippen molar-refractivity contribution in [2.75, 3.05) is 30.5 Å². The number of hydrogen-bond acceptors (Lipinski definition) is 5. The molecule has 0 amide bonds. The van der Waals surface area contributed by atoms with Crippen molar-refractivity contribution in [1.82, 2.24) is 10.3 Å². The normalized spacial score (nSPS) is 12.7. The number of rotatable bonds is 8. The molecule has 1 aromatic rings. The van der Waals surface area contributed by atoms with Gasteiger partial charge in [-0.15, -0.1) is 11.3 Å². The summed E-state index contributed by atoms with van der Waals surface area (Å²) < 4.78 is 0. The molecule has 1 unspecified atom stereocenters. The lowest BCUT2D eigenvalue weighted by Gasteiger charge is -2.23. The summed E-state index contributed by atoms with van der Waals surface area (Å²) in [6, 6.07) is 0.551. The Morgan fingerprint density at radius 1 is 1.50 bits per heavy atom. The van der Waals surface area contributed by atoms with Gasteiger partial charge in [-0.25, -0.2) is 4.98 Å². The molecule has 0 saturated carbocycles. The molecule has 0 aromatic carbocycles. The number of anilines is 1. The molecule has 1 rings (SSSR count). The van der Waals surface area contributed by atoms with E-state index in [1.54, 1.807) is 0 Å². The highest BCUT2D eigenvalue weighted by atomic mass is 32.2. The summed E-state index contributed by atoms with van der Waals surface area (Å²) in [7, 11) is 2.15. The van der Waals surface area contributed by atoms with Crippen molar-refractivity contribution in [1.29, 1.82) is 0 Å². The van der Waals surface area contributed by atoms with Crippen LogP contribution in [0.25, 0.3) is 0 Å². The fourth-order valence-electron chi connectivity index (χ4n) is 1.64. The van der Waals surface area contributed by atoms with Crippen molar-refractivity contribution >= 4 is 28.2 Å². The van der Waals surface area contributed by atoms with Gasteiger partial charge in [0.25, 0.3) is 0 Å². The number of nitrogens with zero attached hydrogens (tertiary/aromatic N) is 2. The van der Waals surface area contributed by atoms with Gasteiger partial charge in [-0.05, 0) is 38.8 Å². The first-order valence-corrected chi connectivity index (χ1v) is 8.70. The fraction of sp³-hybridized carbons (Fsp3) is 0.769. The molecule has 0 fully saturated rings. The molecule has 0 spiro atoms. The molecule has 1 aromatic heterocycles. The Kier molecular flexibility index (Phi) is 7.04. The average Bonchev–Trinajstić information content (AvgIpc) is 2.73. The minimum atomic E-state index is 0.551. The van der Waals surface area contributed by atoms with E-state index in [9.17, 15) is 0 Å². The van der Waals surface area contributed by atoms with Crippen molar-refractivity contribution in [3.05, 3.63) is 10.6 Å². The maximum absolute atomic E-state index is 4.69. The van der Waals surface area contributed by atoms with Gasteiger partial charge in [0.2, 0.25) is 0 Å². The lowest BCUT2D eigenvalue weighted by atomic mass is 10.2. The number of nitrogens with one attached hydrogen (secondary N) is 1. The van der Waals surface area contributed by atoms with Gasteiger partial charge < -0.3 is 10.2 Å². The molecule has 1 atom stereocenters. The van der Waals surface area contributed by atoms with Crippen LogP contribution in [0.1, 0.15) is 30.8 Å². The van der Waals surface area contributed by atoms with Gasteiger partial charge in [-0.3, -0.25) is 0 Å². The predicted octanol–water partition coefficient (Wildman–Crippen LogP) is 3.14. The Hall–Kier alpha value is -0.260. The van der Waals surface area contributed by atoms with Crippen LogP contribution in [-0.4, -0.2) is 36.6 Å². The van der Waals surface area contributed by atoms with E-state index in [0.717, 1.165) is 18.2 Å². The van der Waals surface area contributed by atoms with Crippen molar-refractivity contribution in [3.8, 4) is 0 Å². The summed E-state index contributed by atoms with van der Waals surface area (Å²) in [6.45, 7) is 8.46. The monoisotopic (exact) mass is 287 g/mol. The highest BCUT2D eigenvalue weighted by molar-refractivity contribution is 7.98. The molecule has 1 N–H and O–H groups in total. The third-order valence-corrected chi connectivity index (χ3v) is 5.01. The minimum Gasteiger partial charge on any atom is -0.348 e. The van der Waals surface area contributed by atoms with Gasteiger partial charge >= 0.3 is 0 Å². The van der Waals surface area contributed by atoms with Gasteiger partial charge in [0.1, 0.15) is 0 Å². The first kappa shape index (κ1) is 15.8. The highest BCUT2D eigenvalue weighted by Gasteiger charge is 2.15. The summed E-state index contributed by atoms with van der Waals surface area (Å²) in [5.74, 6) is 1.21. The van der Waals surface area contributed by atoms with E-state index < -0.39 is 0 Å². The molecule has 0 aliphatic heterocycles. The molecule has 18 heavy (non-hydrogen) atoms. The van der Waals surface area contributed by atoms with Crippen LogP contribution in [0, 0.1) is 6.92 Å². The quantitative estimate of drug-likeness (QED) is 0.795. The molecule has 5 heteroatoms. The molecule has 1 heterocycles. The van der Waals surface area contributed by atoms with Crippen molar-refractivity contribution < 1.29 is 0 Å². The number of aryl methyl sites for hydroxylation is 1. The van der Waals surface area contributed by atoms with E-state index in [1.165, 1.54) is 22.7 Å². The first-order chi connectivity index (χ1) is 8.60. The summed E-state index contributed by atoms with van der Waals surface area (Å²) in [4.78, 5) is 8.36. The summed E-state index contributed by atoms with van der Waals surface area (Å²) in [6.07, 6.45) is 3.37. The second-order valence-electron chi connectivity index (χ2n) is 4.53. The number of thioether (sulfide) groups is 1. The highest BCUT2D eigenvalue weighted by Crippen LogP contribution is 2.27. The van der Waals surface area contributed by atoms with Crippen LogP contribution in [0.2, 0.25) is 0 Å². The van der Waals surface area contributed by atoms with Gasteiger partial charge in [0, 0.05) is 24.5 Å². The maximum Gasteiger partial charge on any atom is 0.185 e. The molecule has 0 aliphatic carbocycles. The molecular weight excluding hydrogens is 262 g/mol. The van der Waals surface area contributed by atoms with Crippen LogP contribution in [-0.2, 0) is 6.54 Å². The lowest BCUT2D eigenvalue weighted by molar-refractivity contribution is 0.667. The van der Waals surface area contributed by atoms with E-state index in [2.05, 4.69) is 44.3 Å². The van der Waals surface area contributed by atoms with Gasteiger partial charge in [-0.1, -0.05) is 6.92 Å². The van der Waals surface area contributed by atoms with Crippen molar-refractivity contribution in [2.45, 2.75) is 39.8 Å². The second-order valence-corrected chi connectivity index (χ2v) is 6.57. The second kappa shape index (κ2) is 8.02. The minimum absolute atomic E-state index is 0.551. The van der Waals surface area contributed by atoms with Crippen LogP contribution in [0.5, 0.6) is 0 Å². The Morgan fingerprint density at radius 2 is 2.22 bits per heavy atom. The molecule has 3 nitrogen and oxygen atoms in total. The SMILES string of the molecule is CCNCc1sc(N(C)C(C)CCSC)nc1C. The van der Waals surface area contributed by atoms with Gasteiger partial charge in [0.15, 0.2) is 5.13 Å². The van der Waals surface area contributed by atoms with E-state index in [4.69, 9.17) is 4.98 Å². The van der Waals surface area contributed by atoms with Gasteiger partial charge in [-0.2, -0.15) is 11.8 Å². The molecule has 0 aliphatic rings. The van der Waals surface area contributed by atoms with Crippen LogP contribution in [0.15, 0.2) is 0 Å². The molecule has 0 bridgehead atoms. The van der Waals surface area contributed by atoms with E-state index in [1.807, 2.05) is 23.1 Å². The third kappa shape index (κ3) is 4.44. The summed E-state index contributed by atoms with van der Waals surface area (Å²) >= 11 is 3.72. The summed E-state index contributed by atoms with van der Waals surface area (Å²) in [5, 5.41) is 4.52. The number of hydrogen-bond donors (Lipinski definition) is 1. The zero-order valence-corrected chi connectivity index (χ0v) is 13.7. The predicted molar refractivity (Wildman–Crippen MR) is 85.1 cm³/mol. The Morgan fingerprint density at radius 3 is 2.83 bits per heavy atom. The molecule has 104 valence electrons. The fourth-order valence-corrected chi connectivity index (χ4v) is 3.31. The van der Waals surface area contributed by atoms with E-state index in [0.29, 0.717) is 6.04 Å².